The quantitative estimate of drug-likeness (QED) is 0.146. The third-order valence-electron chi connectivity index (χ3n) is 7.32. The lowest BCUT2D eigenvalue weighted by Gasteiger charge is -2.39. The number of nitrogens with one attached hydrogen (secondary N) is 2. The number of phenols is 1. The fraction of sp³-hybridized carbons (Fsp3) is 0.625. The topological polar surface area (TPSA) is 111 Å². The maximum atomic E-state index is 10.3. The second-order valence-electron chi connectivity index (χ2n) is 10.9. The van der Waals surface area contributed by atoms with Crippen molar-refractivity contribution in [3.05, 3.63) is 59.2 Å². The summed E-state index contributed by atoms with van der Waals surface area (Å²) in [6.07, 6.45) is 0.702. The number of aromatic hydroxyl groups is 1. The van der Waals surface area contributed by atoms with Crippen LogP contribution in [-0.2, 0) is 36.9 Å². The Morgan fingerprint density at radius 2 is 1.66 bits per heavy atom. The van der Waals surface area contributed by atoms with E-state index in [9.17, 15) is 10.2 Å². The summed E-state index contributed by atoms with van der Waals surface area (Å²) in [6.45, 7) is 9.34. The van der Waals surface area contributed by atoms with Gasteiger partial charge in [-0.2, -0.15) is 0 Å². The van der Waals surface area contributed by atoms with E-state index in [1.165, 1.54) is 0 Å². The Morgan fingerprint density at radius 1 is 0.927 bits per heavy atom. The van der Waals surface area contributed by atoms with Crippen LogP contribution in [0, 0.1) is 5.92 Å². The molecule has 0 aliphatic carbocycles. The highest BCUT2D eigenvalue weighted by atomic mass is 16.5. The standard InChI is InChI=1S/C32H50N2O7/c1-5-27(35)22-41-31-17-33-16-30(40-21-25-9-12-29(36)28(15-25)34-13-6-14-37-3)32(31)26-10-7-24(8-11-26)20-39-19-23(2)18-38-4/h7-12,15,23,27,30-36H,5-6,13-14,16-22H2,1-4H3/t23-,27+,30-,31+,32?/m0/s1. The molecule has 230 valence electrons. The molecule has 5 atom stereocenters. The summed E-state index contributed by atoms with van der Waals surface area (Å²) in [7, 11) is 3.39. The Hall–Kier alpha value is -2.24. The molecule has 0 aromatic heterocycles. The zero-order valence-electron chi connectivity index (χ0n) is 25.1. The predicted molar refractivity (Wildman–Crippen MR) is 160 cm³/mol. The number of phenolic OH excluding ortho intramolecular Hbond substituents is 1. The molecule has 9 heteroatoms. The molecule has 9 nitrogen and oxygen atoms in total. The van der Waals surface area contributed by atoms with Crippen LogP contribution in [0.4, 0.5) is 5.69 Å². The first-order valence-electron chi connectivity index (χ1n) is 14.8. The van der Waals surface area contributed by atoms with Crippen LogP contribution in [-0.4, -0.2) is 88.8 Å². The summed E-state index contributed by atoms with van der Waals surface area (Å²) in [6, 6.07) is 14.0. The van der Waals surface area contributed by atoms with Crippen LogP contribution in [0.25, 0.3) is 0 Å². The van der Waals surface area contributed by atoms with Gasteiger partial charge >= 0.3 is 0 Å². The van der Waals surface area contributed by atoms with Gasteiger partial charge < -0.3 is 44.5 Å². The zero-order chi connectivity index (χ0) is 29.5. The molecule has 4 N–H and O–H groups in total. The number of aliphatic hydroxyl groups is 1. The normalized spacial score (nSPS) is 20.6. The van der Waals surface area contributed by atoms with Crippen molar-refractivity contribution in [1.29, 1.82) is 0 Å². The molecular weight excluding hydrogens is 524 g/mol. The molecule has 0 amide bonds. The van der Waals surface area contributed by atoms with Gasteiger partial charge in [0.2, 0.25) is 0 Å². The number of benzene rings is 2. The Bertz CT molecular complexity index is 991. The maximum Gasteiger partial charge on any atom is 0.138 e. The van der Waals surface area contributed by atoms with Crippen LogP contribution in [0.2, 0.25) is 0 Å². The van der Waals surface area contributed by atoms with Gasteiger partial charge in [0.1, 0.15) is 5.75 Å². The second kappa shape index (κ2) is 18.3. The van der Waals surface area contributed by atoms with Gasteiger partial charge in [0.25, 0.3) is 0 Å². The molecule has 3 rings (SSSR count). The van der Waals surface area contributed by atoms with Gasteiger partial charge in [0, 0.05) is 52.3 Å². The number of anilines is 1. The average Bonchev–Trinajstić information content (AvgIpc) is 2.98. The molecule has 1 aliphatic rings. The summed E-state index contributed by atoms with van der Waals surface area (Å²) in [5.74, 6) is 0.545. The lowest BCUT2D eigenvalue weighted by molar-refractivity contribution is -0.0777. The highest BCUT2D eigenvalue weighted by Crippen LogP contribution is 2.32. The maximum absolute atomic E-state index is 10.3. The Balaban J connectivity index is 1.69. The van der Waals surface area contributed by atoms with E-state index in [1.807, 2.05) is 19.1 Å². The smallest absolute Gasteiger partial charge is 0.138 e. The zero-order valence-corrected chi connectivity index (χ0v) is 25.1. The molecule has 0 bridgehead atoms. The molecule has 1 heterocycles. The van der Waals surface area contributed by atoms with E-state index in [2.05, 4.69) is 41.8 Å². The van der Waals surface area contributed by atoms with Gasteiger partial charge in [-0.15, -0.1) is 0 Å². The lowest BCUT2D eigenvalue weighted by atomic mass is 9.85. The molecular formula is C32H50N2O7. The molecule has 0 spiro atoms. The first-order chi connectivity index (χ1) is 19.9. The van der Waals surface area contributed by atoms with E-state index in [-0.39, 0.29) is 30.5 Å². The Labute approximate surface area is 245 Å². The summed E-state index contributed by atoms with van der Waals surface area (Å²) >= 11 is 0. The van der Waals surface area contributed by atoms with Crippen molar-refractivity contribution in [2.24, 2.45) is 5.92 Å². The van der Waals surface area contributed by atoms with E-state index in [1.54, 1.807) is 20.3 Å². The first kappa shape index (κ1) is 33.3. The molecule has 2 aromatic rings. The van der Waals surface area contributed by atoms with E-state index in [0.29, 0.717) is 70.7 Å². The van der Waals surface area contributed by atoms with Crippen LogP contribution in [0.3, 0.4) is 0 Å². The monoisotopic (exact) mass is 574 g/mol. The molecule has 1 aliphatic heterocycles. The van der Waals surface area contributed by atoms with E-state index in [4.69, 9.17) is 23.7 Å². The average molecular weight is 575 g/mol. The van der Waals surface area contributed by atoms with Crippen molar-refractivity contribution in [2.75, 3.05) is 65.6 Å². The minimum atomic E-state index is -0.497. The predicted octanol–water partition coefficient (Wildman–Crippen LogP) is 4.07. The highest BCUT2D eigenvalue weighted by molar-refractivity contribution is 5.57. The largest absolute Gasteiger partial charge is 0.506 e. The first-order valence-corrected chi connectivity index (χ1v) is 14.8. The Kier molecular flexibility index (Phi) is 14.9. The van der Waals surface area contributed by atoms with Crippen LogP contribution in [0.5, 0.6) is 5.75 Å². The van der Waals surface area contributed by atoms with Gasteiger partial charge in [-0.25, -0.2) is 0 Å². The second-order valence-corrected chi connectivity index (χ2v) is 10.9. The number of ether oxygens (including phenoxy) is 5. The number of rotatable bonds is 19. The number of hydrogen-bond donors (Lipinski definition) is 4. The molecule has 1 fully saturated rings. The van der Waals surface area contributed by atoms with Crippen LogP contribution in [0.15, 0.2) is 42.5 Å². The minimum Gasteiger partial charge on any atom is -0.506 e. The number of piperidine rings is 1. The number of hydrogen-bond acceptors (Lipinski definition) is 9. The fourth-order valence-corrected chi connectivity index (χ4v) is 4.97. The molecule has 1 unspecified atom stereocenters. The van der Waals surface area contributed by atoms with Crippen molar-refractivity contribution >= 4 is 5.69 Å². The van der Waals surface area contributed by atoms with Gasteiger partial charge in [-0.3, -0.25) is 0 Å². The van der Waals surface area contributed by atoms with Crippen molar-refractivity contribution in [3.8, 4) is 5.75 Å². The van der Waals surface area contributed by atoms with Gasteiger partial charge in [-0.05, 0) is 41.7 Å². The van der Waals surface area contributed by atoms with E-state index in [0.717, 1.165) is 23.1 Å². The molecule has 2 aromatic carbocycles. The van der Waals surface area contributed by atoms with Gasteiger partial charge in [-0.1, -0.05) is 44.2 Å². The molecule has 0 radical (unpaired) electrons. The van der Waals surface area contributed by atoms with Crippen LogP contribution < -0.4 is 10.6 Å². The van der Waals surface area contributed by atoms with Crippen molar-refractivity contribution in [3.63, 3.8) is 0 Å². The minimum absolute atomic E-state index is 0.0132. The van der Waals surface area contributed by atoms with Gasteiger partial charge in [0.15, 0.2) is 0 Å². The number of aliphatic hydroxyl groups excluding tert-OH is 1. The summed E-state index contributed by atoms with van der Waals surface area (Å²) < 4.78 is 28.9. The SMILES string of the molecule is CC[C@@H](O)CO[C@@H]1CNC[C@H](OCc2ccc(O)c(NCCCOC)c2)C1c1ccc(COC[C@@H](C)COC)cc1. The van der Waals surface area contributed by atoms with Crippen LogP contribution >= 0.6 is 0 Å². The van der Waals surface area contributed by atoms with E-state index >= 15 is 0 Å². The third-order valence-corrected chi connectivity index (χ3v) is 7.32. The van der Waals surface area contributed by atoms with Crippen molar-refractivity contribution in [1.82, 2.24) is 5.32 Å². The lowest BCUT2D eigenvalue weighted by Crippen LogP contribution is -2.51. The Morgan fingerprint density at radius 3 is 2.37 bits per heavy atom. The summed E-state index contributed by atoms with van der Waals surface area (Å²) in [5.41, 5.74) is 3.90. The molecule has 41 heavy (non-hydrogen) atoms. The molecule has 1 saturated heterocycles. The van der Waals surface area contributed by atoms with E-state index < -0.39 is 6.10 Å². The van der Waals surface area contributed by atoms with Crippen molar-refractivity contribution in [2.45, 2.75) is 64.1 Å². The van der Waals surface area contributed by atoms with Crippen molar-refractivity contribution < 1.29 is 33.9 Å². The third kappa shape index (κ3) is 11.2. The van der Waals surface area contributed by atoms with Gasteiger partial charge in [0.05, 0.1) is 57.0 Å². The highest BCUT2D eigenvalue weighted by Gasteiger charge is 2.36. The summed E-state index contributed by atoms with van der Waals surface area (Å²) in [5, 5.41) is 27.2. The summed E-state index contributed by atoms with van der Waals surface area (Å²) in [4.78, 5) is 0. The molecule has 0 saturated carbocycles. The number of methoxy groups -OCH3 is 2. The fourth-order valence-electron chi connectivity index (χ4n) is 4.97. The van der Waals surface area contributed by atoms with Crippen LogP contribution in [0.1, 0.15) is 49.3 Å².